The predicted octanol–water partition coefficient (Wildman–Crippen LogP) is 2.60. The van der Waals surface area contributed by atoms with E-state index in [9.17, 15) is 19.5 Å². The first-order valence-corrected chi connectivity index (χ1v) is 9.88. The van der Waals surface area contributed by atoms with Gasteiger partial charge < -0.3 is 19.6 Å². The zero-order valence-electron chi connectivity index (χ0n) is 17.1. The highest BCUT2D eigenvalue weighted by atomic mass is 35.5. The van der Waals surface area contributed by atoms with E-state index >= 15 is 0 Å². The van der Waals surface area contributed by atoms with Crippen LogP contribution in [0.5, 0.6) is 11.6 Å². The van der Waals surface area contributed by atoms with Crippen molar-refractivity contribution < 1.29 is 19.4 Å². The molecule has 0 saturated carbocycles. The quantitative estimate of drug-likeness (QED) is 0.443. The van der Waals surface area contributed by atoms with Gasteiger partial charge in [0.15, 0.2) is 0 Å². The fourth-order valence-electron chi connectivity index (χ4n) is 3.62. The van der Waals surface area contributed by atoms with Gasteiger partial charge in [0.05, 0.1) is 31.2 Å². The van der Waals surface area contributed by atoms with Crippen molar-refractivity contribution in [2.45, 2.75) is 12.3 Å². The first-order valence-electron chi connectivity index (χ1n) is 9.51. The minimum atomic E-state index is -1.13. The van der Waals surface area contributed by atoms with Gasteiger partial charge in [-0.2, -0.15) is 4.98 Å². The Morgan fingerprint density at radius 3 is 2.72 bits per heavy atom. The van der Waals surface area contributed by atoms with E-state index < -0.39 is 28.9 Å². The van der Waals surface area contributed by atoms with E-state index in [4.69, 9.17) is 21.1 Å². The summed E-state index contributed by atoms with van der Waals surface area (Å²) in [6.07, 6.45) is 0.978. The highest BCUT2D eigenvalue weighted by Gasteiger charge is 2.29. The number of nitrogens with zero attached hydrogens (tertiary/aromatic N) is 2. The van der Waals surface area contributed by atoms with Crippen LogP contribution in [0.1, 0.15) is 23.5 Å². The van der Waals surface area contributed by atoms with Gasteiger partial charge in [-0.15, -0.1) is 0 Å². The molecular formula is C22H18ClN3O6. The van der Waals surface area contributed by atoms with Crippen LogP contribution in [0.15, 0.2) is 52.2 Å². The molecule has 1 aromatic carbocycles. The van der Waals surface area contributed by atoms with Crippen LogP contribution in [0.25, 0.3) is 16.6 Å². The van der Waals surface area contributed by atoms with Crippen molar-refractivity contribution >= 4 is 34.1 Å². The monoisotopic (exact) mass is 455 g/mol. The Labute approximate surface area is 185 Å². The Bertz CT molecular complexity index is 1480. The second-order valence-corrected chi connectivity index (χ2v) is 7.51. The molecule has 0 bridgehead atoms. The first kappa shape index (κ1) is 21.4. The SMILES string of the molecule is COC(=O)C[C@@H](c1cc2cc(OC)ccc2[nH]c1=O)c1c(O)nc2ccc(Cl)cn2c1=O. The van der Waals surface area contributed by atoms with Crippen molar-refractivity contribution in [3.8, 4) is 11.6 Å². The maximum absolute atomic E-state index is 13.3. The number of benzene rings is 1. The van der Waals surface area contributed by atoms with E-state index in [0.717, 1.165) is 4.40 Å². The van der Waals surface area contributed by atoms with Crippen molar-refractivity contribution in [3.05, 3.63) is 79.5 Å². The molecule has 32 heavy (non-hydrogen) atoms. The van der Waals surface area contributed by atoms with Crippen molar-refractivity contribution in [2.24, 2.45) is 0 Å². The lowest BCUT2D eigenvalue weighted by molar-refractivity contribution is -0.140. The number of aromatic nitrogens is 3. The second-order valence-electron chi connectivity index (χ2n) is 7.07. The summed E-state index contributed by atoms with van der Waals surface area (Å²) >= 11 is 6.01. The summed E-state index contributed by atoms with van der Waals surface area (Å²) in [5.41, 5.74) is -0.605. The molecule has 1 atom stereocenters. The van der Waals surface area contributed by atoms with Gasteiger partial charge in [0, 0.05) is 28.6 Å². The van der Waals surface area contributed by atoms with Crippen LogP contribution < -0.4 is 15.9 Å². The van der Waals surface area contributed by atoms with Gasteiger partial charge in [0.1, 0.15) is 11.4 Å². The van der Waals surface area contributed by atoms with E-state index in [2.05, 4.69) is 9.97 Å². The van der Waals surface area contributed by atoms with Gasteiger partial charge in [0.25, 0.3) is 11.1 Å². The van der Waals surface area contributed by atoms with Gasteiger partial charge in [-0.3, -0.25) is 18.8 Å². The molecular weight excluding hydrogens is 438 g/mol. The molecule has 0 fully saturated rings. The molecule has 4 rings (SSSR count). The molecule has 0 spiro atoms. The Morgan fingerprint density at radius 2 is 2.00 bits per heavy atom. The van der Waals surface area contributed by atoms with Crippen LogP contribution in [-0.2, 0) is 9.53 Å². The fraction of sp³-hybridized carbons (Fsp3) is 0.182. The molecule has 0 amide bonds. The number of hydrogen-bond donors (Lipinski definition) is 2. The molecule has 3 aromatic heterocycles. The van der Waals surface area contributed by atoms with Gasteiger partial charge in [-0.05, 0) is 36.4 Å². The third kappa shape index (κ3) is 3.78. The van der Waals surface area contributed by atoms with Crippen LogP contribution in [0.3, 0.4) is 0 Å². The normalized spacial score (nSPS) is 12.1. The molecule has 4 aromatic rings. The summed E-state index contributed by atoms with van der Waals surface area (Å²) in [5.74, 6) is -1.82. The average molecular weight is 456 g/mol. The number of H-pyrrole nitrogens is 1. The number of nitrogens with one attached hydrogen (secondary N) is 1. The molecule has 0 radical (unpaired) electrons. The molecule has 0 saturated heterocycles. The van der Waals surface area contributed by atoms with Gasteiger partial charge >= 0.3 is 5.97 Å². The fourth-order valence-corrected chi connectivity index (χ4v) is 3.79. The summed E-state index contributed by atoms with van der Waals surface area (Å²) in [6.45, 7) is 0. The number of esters is 1. The lowest BCUT2D eigenvalue weighted by Gasteiger charge is -2.17. The summed E-state index contributed by atoms with van der Waals surface area (Å²) in [4.78, 5) is 45.2. The molecule has 3 heterocycles. The van der Waals surface area contributed by atoms with Crippen LogP contribution in [0, 0.1) is 0 Å². The molecule has 9 nitrogen and oxygen atoms in total. The summed E-state index contributed by atoms with van der Waals surface area (Å²) in [6, 6.07) is 9.62. The van der Waals surface area contributed by atoms with Crippen LogP contribution >= 0.6 is 11.6 Å². The molecule has 0 aliphatic rings. The minimum absolute atomic E-state index is 0.0901. The number of halogens is 1. The summed E-state index contributed by atoms with van der Waals surface area (Å²) < 4.78 is 11.2. The minimum Gasteiger partial charge on any atom is -0.497 e. The van der Waals surface area contributed by atoms with Crippen LogP contribution in [0.4, 0.5) is 0 Å². The number of hydrogen-bond acceptors (Lipinski definition) is 7. The Hall–Kier alpha value is -3.85. The number of pyridine rings is 2. The lowest BCUT2D eigenvalue weighted by atomic mass is 9.89. The number of carbonyl (C=O) groups is 1. The Morgan fingerprint density at radius 1 is 1.22 bits per heavy atom. The number of fused-ring (bicyclic) bond motifs is 2. The standard InChI is InChI=1S/C22H18ClN3O6/c1-31-13-4-5-16-11(7-13)8-15(20(28)24-16)14(9-18(27)32-2)19-21(29)25-17-6-3-12(23)10-26(17)22(19)30/h3-8,10,14,29H,9H2,1-2H3,(H,24,28)/t14-/m0/s1. The lowest BCUT2D eigenvalue weighted by Crippen LogP contribution is -2.27. The number of rotatable bonds is 5. The van der Waals surface area contributed by atoms with E-state index in [-0.39, 0.29) is 28.2 Å². The number of aromatic hydroxyl groups is 1. The Kier molecular flexibility index (Phi) is 5.58. The molecule has 10 heteroatoms. The Balaban J connectivity index is 2.01. The van der Waals surface area contributed by atoms with Crippen molar-refractivity contribution in [2.75, 3.05) is 14.2 Å². The van der Waals surface area contributed by atoms with E-state index in [0.29, 0.717) is 16.7 Å². The van der Waals surface area contributed by atoms with Crippen LogP contribution in [0.2, 0.25) is 5.02 Å². The molecule has 0 unspecified atom stereocenters. The molecule has 2 N–H and O–H groups in total. The highest BCUT2D eigenvalue weighted by Crippen LogP contribution is 2.31. The maximum Gasteiger partial charge on any atom is 0.306 e. The van der Waals surface area contributed by atoms with E-state index in [1.54, 1.807) is 24.3 Å². The van der Waals surface area contributed by atoms with Crippen molar-refractivity contribution in [1.29, 1.82) is 0 Å². The second kappa shape index (κ2) is 8.35. The number of aromatic amines is 1. The number of methoxy groups -OCH3 is 2. The smallest absolute Gasteiger partial charge is 0.306 e. The summed E-state index contributed by atoms with van der Waals surface area (Å²) in [7, 11) is 2.71. The highest BCUT2D eigenvalue weighted by molar-refractivity contribution is 6.30. The third-order valence-corrected chi connectivity index (χ3v) is 5.43. The maximum atomic E-state index is 13.3. The van der Waals surface area contributed by atoms with Gasteiger partial charge in [-0.1, -0.05) is 11.6 Å². The van der Waals surface area contributed by atoms with Crippen LogP contribution in [-0.4, -0.2) is 39.7 Å². The van der Waals surface area contributed by atoms with E-state index in [1.165, 1.54) is 32.5 Å². The van der Waals surface area contributed by atoms with E-state index in [1.807, 2.05) is 0 Å². The predicted molar refractivity (Wildman–Crippen MR) is 118 cm³/mol. The average Bonchev–Trinajstić information content (AvgIpc) is 2.78. The van der Waals surface area contributed by atoms with Crippen molar-refractivity contribution in [3.63, 3.8) is 0 Å². The first-order chi connectivity index (χ1) is 15.3. The zero-order valence-corrected chi connectivity index (χ0v) is 17.8. The number of carbonyl (C=O) groups excluding carboxylic acids is 1. The summed E-state index contributed by atoms with van der Waals surface area (Å²) in [5, 5.41) is 11.5. The molecule has 0 aliphatic carbocycles. The van der Waals surface area contributed by atoms with Gasteiger partial charge in [0.2, 0.25) is 5.88 Å². The number of ether oxygens (including phenoxy) is 2. The zero-order chi connectivity index (χ0) is 23.0. The largest absolute Gasteiger partial charge is 0.497 e. The molecule has 0 aliphatic heterocycles. The van der Waals surface area contributed by atoms with Crippen molar-refractivity contribution in [1.82, 2.24) is 14.4 Å². The topological polar surface area (TPSA) is 123 Å². The third-order valence-electron chi connectivity index (χ3n) is 5.20. The molecule has 164 valence electrons. The van der Waals surface area contributed by atoms with Gasteiger partial charge in [-0.25, -0.2) is 0 Å².